The Balaban J connectivity index is 1.99. The van der Waals surface area contributed by atoms with Crippen LogP contribution in [0.25, 0.3) is 0 Å². The molecule has 0 spiro atoms. The normalized spacial score (nSPS) is 10.4. The van der Waals surface area contributed by atoms with Crippen LogP contribution in [0.5, 0.6) is 0 Å². The number of nitrogens with two attached hydrogens (primary N) is 1. The Morgan fingerprint density at radius 1 is 1.17 bits per heavy atom. The maximum Gasteiger partial charge on any atom is 0.158 e. The van der Waals surface area contributed by atoms with Crippen LogP contribution in [0.4, 0.5) is 5.82 Å². The fourth-order valence-corrected chi connectivity index (χ4v) is 2.35. The van der Waals surface area contributed by atoms with E-state index in [1.807, 2.05) is 0 Å². The third-order valence-corrected chi connectivity index (χ3v) is 3.75. The molecule has 1 aromatic carbocycles. The zero-order valence-electron chi connectivity index (χ0n) is 10.5. The number of nitrogens with one attached hydrogen (secondary N) is 1. The van der Waals surface area contributed by atoms with Gasteiger partial charge >= 0.3 is 0 Å². The summed E-state index contributed by atoms with van der Waals surface area (Å²) in [6.45, 7) is 4.24. The number of thioether (sulfide) groups is 1. The molecule has 18 heavy (non-hydrogen) atoms. The van der Waals surface area contributed by atoms with Crippen molar-refractivity contribution in [2.75, 3.05) is 5.43 Å². The van der Waals surface area contributed by atoms with Crippen molar-refractivity contribution < 1.29 is 0 Å². The molecule has 0 amide bonds. The lowest BCUT2D eigenvalue weighted by Gasteiger charge is -2.05. The highest BCUT2D eigenvalue weighted by Gasteiger charge is 2.00. The highest BCUT2D eigenvalue weighted by Crippen LogP contribution is 2.23. The van der Waals surface area contributed by atoms with Gasteiger partial charge in [0.2, 0.25) is 0 Å². The number of benzene rings is 1. The van der Waals surface area contributed by atoms with Gasteiger partial charge in [-0.25, -0.2) is 10.8 Å². The summed E-state index contributed by atoms with van der Waals surface area (Å²) < 4.78 is 0. The summed E-state index contributed by atoms with van der Waals surface area (Å²) in [6.07, 6.45) is 3.37. The number of hydrogen-bond donors (Lipinski definition) is 2. The first-order chi connectivity index (χ1) is 8.69. The van der Waals surface area contributed by atoms with Gasteiger partial charge < -0.3 is 5.43 Å². The molecule has 3 N–H and O–H groups in total. The largest absolute Gasteiger partial charge is 0.307 e. The van der Waals surface area contributed by atoms with Crippen LogP contribution >= 0.6 is 11.8 Å². The smallest absolute Gasteiger partial charge is 0.158 e. The van der Waals surface area contributed by atoms with Crippen molar-refractivity contribution in [2.24, 2.45) is 5.84 Å². The molecule has 0 unspecified atom stereocenters. The van der Waals surface area contributed by atoms with Gasteiger partial charge in [-0.1, -0.05) is 6.07 Å². The standard InChI is InChI=1S/C13H16N4S/c1-9-3-4-12(5-10(9)2)18-8-11-6-16-13(17-14)7-15-11/h3-7H,8,14H2,1-2H3,(H,16,17). The first-order valence-electron chi connectivity index (χ1n) is 5.66. The van der Waals surface area contributed by atoms with Crippen LogP contribution in [0.15, 0.2) is 35.5 Å². The lowest BCUT2D eigenvalue weighted by molar-refractivity contribution is 1.08. The van der Waals surface area contributed by atoms with Crippen LogP contribution < -0.4 is 11.3 Å². The highest BCUT2D eigenvalue weighted by molar-refractivity contribution is 7.98. The number of nitrogen functional groups attached to an aromatic ring is 1. The molecule has 0 aliphatic rings. The van der Waals surface area contributed by atoms with E-state index in [1.54, 1.807) is 24.2 Å². The second-order valence-corrected chi connectivity index (χ2v) is 5.12. The zero-order valence-corrected chi connectivity index (χ0v) is 11.3. The fraction of sp³-hybridized carbons (Fsp3) is 0.231. The summed E-state index contributed by atoms with van der Waals surface area (Å²) >= 11 is 1.76. The van der Waals surface area contributed by atoms with Crippen molar-refractivity contribution in [3.63, 3.8) is 0 Å². The van der Waals surface area contributed by atoms with Crippen molar-refractivity contribution >= 4 is 17.6 Å². The SMILES string of the molecule is Cc1ccc(SCc2cnc(NN)cn2)cc1C. The summed E-state index contributed by atoms with van der Waals surface area (Å²) in [4.78, 5) is 9.66. The molecule has 1 heterocycles. The summed E-state index contributed by atoms with van der Waals surface area (Å²) in [5, 5.41) is 0. The van der Waals surface area contributed by atoms with Crippen molar-refractivity contribution in [3.05, 3.63) is 47.4 Å². The van der Waals surface area contributed by atoms with Crippen LogP contribution in [0.3, 0.4) is 0 Å². The molecular formula is C13H16N4S. The zero-order chi connectivity index (χ0) is 13.0. The van der Waals surface area contributed by atoms with E-state index < -0.39 is 0 Å². The second-order valence-electron chi connectivity index (χ2n) is 4.07. The van der Waals surface area contributed by atoms with Gasteiger partial charge in [0, 0.05) is 10.6 Å². The average molecular weight is 260 g/mol. The van der Waals surface area contributed by atoms with Crippen molar-refractivity contribution in [1.29, 1.82) is 0 Å². The van der Waals surface area contributed by atoms with Crippen LogP contribution in [0, 0.1) is 13.8 Å². The number of aromatic nitrogens is 2. The van der Waals surface area contributed by atoms with Crippen LogP contribution in [0.1, 0.15) is 16.8 Å². The summed E-state index contributed by atoms with van der Waals surface area (Å²) in [5.74, 6) is 6.62. The Morgan fingerprint density at radius 3 is 2.61 bits per heavy atom. The van der Waals surface area contributed by atoms with E-state index in [0.29, 0.717) is 5.82 Å². The minimum absolute atomic E-state index is 0.579. The van der Waals surface area contributed by atoms with Crippen molar-refractivity contribution in [2.45, 2.75) is 24.5 Å². The minimum atomic E-state index is 0.579. The molecule has 0 saturated heterocycles. The molecule has 0 aliphatic carbocycles. The first-order valence-corrected chi connectivity index (χ1v) is 6.65. The summed E-state index contributed by atoms with van der Waals surface area (Å²) in [6, 6.07) is 6.48. The summed E-state index contributed by atoms with van der Waals surface area (Å²) in [5.41, 5.74) is 6.03. The van der Waals surface area contributed by atoms with E-state index in [-0.39, 0.29) is 0 Å². The van der Waals surface area contributed by atoms with Crippen LogP contribution in [0.2, 0.25) is 0 Å². The van der Waals surface area contributed by atoms with Gasteiger partial charge in [-0.05, 0) is 37.1 Å². The Morgan fingerprint density at radius 2 is 2.00 bits per heavy atom. The Bertz CT molecular complexity index is 525. The predicted octanol–water partition coefficient (Wildman–Crippen LogP) is 2.67. The molecule has 0 atom stereocenters. The fourth-order valence-electron chi connectivity index (χ4n) is 1.46. The molecule has 0 aliphatic heterocycles. The van der Waals surface area contributed by atoms with Gasteiger partial charge in [0.15, 0.2) is 5.82 Å². The van der Waals surface area contributed by atoms with E-state index in [0.717, 1.165) is 11.4 Å². The lowest BCUT2D eigenvalue weighted by Crippen LogP contribution is -2.08. The number of anilines is 1. The molecule has 0 saturated carbocycles. The van der Waals surface area contributed by atoms with E-state index in [9.17, 15) is 0 Å². The molecule has 94 valence electrons. The third-order valence-electron chi connectivity index (χ3n) is 2.72. The molecule has 0 bridgehead atoms. The molecular weight excluding hydrogens is 244 g/mol. The maximum absolute atomic E-state index is 5.24. The van der Waals surface area contributed by atoms with Gasteiger partial charge in [0.05, 0.1) is 18.1 Å². The number of nitrogens with zero attached hydrogens (tertiary/aromatic N) is 2. The van der Waals surface area contributed by atoms with E-state index in [1.165, 1.54) is 16.0 Å². The maximum atomic E-state index is 5.24. The van der Waals surface area contributed by atoms with Gasteiger partial charge in [0.1, 0.15) is 0 Å². The van der Waals surface area contributed by atoms with Gasteiger partial charge in [0.25, 0.3) is 0 Å². The topological polar surface area (TPSA) is 63.8 Å². The van der Waals surface area contributed by atoms with E-state index >= 15 is 0 Å². The lowest BCUT2D eigenvalue weighted by atomic mass is 10.1. The Hall–Kier alpha value is -1.59. The van der Waals surface area contributed by atoms with Gasteiger partial charge in [-0.2, -0.15) is 0 Å². The van der Waals surface area contributed by atoms with Crippen LogP contribution in [-0.2, 0) is 5.75 Å². The molecule has 1 aromatic heterocycles. The molecule has 5 heteroatoms. The first kappa shape index (κ1) is 12.9. The monoisotopic (exact) mass is 260 g/mol. The molecule has 0 radical (unpaired) electrons. The number of hydrazine groups is 1. The van der Waals surface area contributed by atoms with Gasteiger partial charge in [-0.3, -0.25) is 4.98 Å². The second kappa shape index (κ2) is 5.84. The highest BCUT2D eigenvalue weighted by atomic mass is 32.2. The quantitative estimate of drug-likeness (QED) is 0.502. The molecule has 2 aromatic rings. The van der Waals surface area contributed by atoms with E-state index in [4.69, 9.17) is 5.84 Å². The number of hydrogen-bond acceptors (Lipinski definition) is 5. The number of rotatable bonds is 4. The summed E-state index contributed by atoms with van der Waals surface area (Å²) in [7, 11) is 0. The van der Waals surface area contributed by atoms with Crippen molar-refractivity contribution in [3.8, 4) is 0 Å². The Kier molecular flexibility index (Phi) is 4.17. The minimum Gasteiger partial charge on any atom is -0.307 e. The molecule has 0 fully saturated rings. The van der Waals surface area contributed by atoms with Crippen LogP contribution in [-0.4, -0.2) is 9.97 Å². The van der Waals surface area contributed by atoms with Crippen molar-refractivity contribution in [1.82, 2.24) is 9.97 Å². The molecule has 2 rings (SSSR count). The average Bonchev–Trinajstić information content (AvgIpc) is 2.41. The third kappa shape index (κ3) is 3.21. The van der Waals surface area contributed by atoms with E-state index in [2.05, 4.69) is 47.4 Å². The molecule has 4 nitrogen and oxygen atoms in total. The van der Waals surface area contributed by atoms with Gasteiger partial charge in [-0.15, -0.1) is 11.8 Å². The predicted molar refractivity (Wildman–Crippen MR) is 75.3 cm³/mol. The Labute approximate surface area is 111 Å². The number of aryl methyl sites for hydroxylation is 2.